The first-order valence-corrected chi connectivity index (χ1v) is 8.61. The molecule has 1 unspecified atom stereocenters. The van der Waals surface area contributed by atoms with Crippen LogP contribution in [0.2, 0.25) is 0 Å². The summed E-state index contributed by atoms with van der Waals surface area (Å²) in [6.07, 6.45) is 2.44. The van der Waals surface area contributed by atoms with E-state index in [0.29, 0.717) is 5.92 Å². The molecule has 0 amide bonds. The van der Waals surface area contributed by atoms with Gasteiger partial charge in [-0.15, -0.1) is 0 Å². The first-order valence-electron chi connectivity index (χ1n) is 7.02. The van der Waals surface area contributed by atoms with E-state index in [0.717, 1.165) is 20.2 Å². The summed E-state index contributed by atoms with van der Waals surface area (Å²) < 4.78 is 15.2. The molecule has 2 aromatic carbocycles. The molecule has 0 heterocycles. The van der Waals surface area contributed by atoms with Crippen LogP contribution < -0.4 is 5.32 Å². The Morgan fingerprint density at radius 1 is 1.10 bits per heavy atom. The molecule has 4 heteroatoms. The van der Waals surface area contributed by atoms with Gasteiger partial charge in [0.1, 0.15) is 5.82 Å². The molecule has 2 aromatic rings. The Hall–Kier alpha value is -0.870. The van der Waals surface area contributed by atoms with Crippen molar-refractivity contribution in [3.8, 4) is 0 Å². The van der Waals surface area contributed by atoms with Crippen LogP contribution in [0.1, 0.15) is 30.0 Å². The Kier molecular flexibility index (Phi) is 4.36. The van der Waals surface area contributed by atoms with Gasteiger partial charge in [-0.3, -0.25) is 0 Å². The van der Waals surface area contributed by atoms with Gasteiger partial charge < -0.3 is 5.32 Å². The third-order valence-electron chi connectivity index (χ3n) is 3.81. The van der Waals surface area contributed by atoms with Crippen molar-refractivity contribution in [3.05, 3.63) is 62.3 Å². The van der Waals surface area contributed by atoms with Crippen LogP contribution in [0, 0.1) is 18.7 Å². The highest BCUT2D eigenvalue weighted by Gasteiger charge is 2.33. The summed E-state index contributed by atoms with van der Waals surface area (Å²) in [5.74, 6) is 0.432. The molecule has 1 N–H and O–H groups in total. The molecule has 1 aliphatic rings. The fourth-order valence-corrected chi connectivity index (χ4v) is 4.21. The molecule has 110 valence electrons. The second-order valence-electron chi connectivity index (χ2n) is 5.61. The molecule has 0 saturated heterocycles. The van der Waals surface area contributed by atoms with Crippen molar-refractivity contribution < 1.29 is 4.39 Å². The number of aryl methyl sites for hydroxylation is 1. The zero-order valence-corrected chi connectivity index (χ0v) is 14.8. The molecule has 1 atom stereocenters. The topological polar surface area (TPSA) is 12.0 Å². The maximum Gasteiger partial charge on any atom is 0.123 e. The molecule has 3 rings (SSSR count). The number of hydrogen-bond acceptors (Lipinski definition) is 1. The second kappa shape index (κ2) is 6.09. The summed E-state index contributed by atoms with van der Waals surface area (Å²) >= 11 is 7.26. The van der Waals surface area contributed by atoms with Crippen LogP contribution >= 0.6 is 31.9 Å². The molecular weight excluding hydrogens is 397 g/mol. The maximum atomic E-state index is 13.1. The fourth-order valence-electron chi connectivity index (χ4n) is 2.57. The highest BCUT2D eigenvalue weighted by molar-refractivity contribution is 9.11. The van der Waals surface area contributed by atoms with Crippen LogP contribution in [0.4, 0.5) is 10.1 Å². The van der Waals surface area contributed by atoms with Crippen LogP contribution in [0.3, 0.4) is 0 Å². The highest BCUT2D eigenvalue weighted by atomic mass is 79.9. The van der Waals surface area contributed by atoms with Gasteiger partial charge in [0.2, 0.25) is 0 Å². The first-order chi connectivity index (χ1) is 10.0. The van der Waals surface area contributed by atoms with Crippen LogP contribution in [0.25, 0.3) is 0 Å². The van der Waals surface area contributed by atoms with E-state index in [1.54, 1.807) is 0 Å². The predicted octanol–water partition coefficient (Wildman–Crippen LogP) is 6.22. The third kappa shape index (κ3) is 3.49. The van der Waals surface area contributed by atoms with Crippen molar-refractivity contribution in [2.45, 2.75) is 25.8 Å². The molecule has 0 spiro atoms. The number of rotatable bonds is 4. The largest absolute Gasteiger partial charge is 0.376 e. The van der Waals surface area contributed by atoms with E-state index in [9.17, 15) is 4.39 Å². The lowest BCUT2D eigenvalue weighted by Crippen LogP contribution is -2.13. The molecular formula is C17H16Br2FN. The minimum absolute atomic E-state index is 0.189. The van der Waals surface area contributed by atoms with Gasteiger partial charge in [0, 0.05) is 8.95 Å². The number of anilines is 1. The van der Waals surface area contributed by atoms with Crippen LogP contribution in [-0.4, -0.2) is 0 Å². The Morgan fingerprint density at radius 3 is 2.19 bits per heavy atom. The Bertz CT molecular complexity index is 627. The molecule has 0 radical (unpaired) electrons. The molecule has 1 fully saturated rings. The average molecular weight is 413 g/mol. The van der Waals surface area contributed by atoms with Gasteiger partial charge >= 0.3 is 0 Å². The highest BCUT2D eigenvalue weighted by Crippen LogP contribution is 2.45. The first kappa shape index (κ1) is 15.0. The van der Waals surface area contributed by atoms with Gasteiger partial charge in [0.25, 0.3) is 0 Å². The van der Waals surface area contributed by atoms with E-state index < -0.39 is 0 Å². The van der Waals surface area contributed by atoms with Gasteiger partial charge in [-0.25, -0.2) is 4.39 Å². The lowest BCUT2D eigenvalue weighted by Gasteiger charge is -2.22. The number of benzene rings is 2. The Balaban J connectivity index is 1.91. The zero-order valence-electron chi connectivity index (χ0n) is 11.7. The lowest BCUT2D eigenvalue weighted by molar-refractivity contribution is 0.622. The van der Waals surface area contributed by atoms with Crippen molar-refractivity contribution in [3.63, 3.8) is 0 Å². The van der Waals surface area contributed by atoms with E-state index in [-0.39, 0.29) is 11.9 Å². The van der Waals surface area contributed by atoms with Gasteiger partial charge in [-0.2, -0.15) is 0 Å². The van der Waals surface area contributed by atoms with E-state index in [2.05, 4.69) is 56.2 Å². The number of halogens is 3. The van der Waals surface area contributed by atoms with Crippen molar-refractivity contribution >= 4 is 37.5 Å². The second-order valence-corrected chi connectivity index (χ2v) is 7.32. The van der Waals surface area contributed by atoms with Gasteiger partial charge in [-0.1, -0.05) is 12.1 Å². The summed E-state index contributed by atoms with van der Waals surface area (Å²) in [5.41, 5.74) is 3.39. The van der Waals surface area contributed by atoms with Crippen LogP contribution in [-0.2, 0) is 0 Å². The molecule has 1 aliphatic carbocycles. The molecule has 0 bridgehead atoms. The normalized spacial score (nSPS) is 15.8. The van der Waals surface area contributed by atoms with E-state index in [4.69, 9.17) is 0 Å². The minimum Gasteiger partial charge on any atom is -0.376 e. The fraction of sp³-hybridized carbons (Fsp3) is 0.294. The predicted molar refractivity (Wildman–Crippen MR) is 92.1 cm³/mol. The molecule has 0 aromatic heterocycles. The number of hydrogen-bond donors (Lipinski definition) is 1. The standard InChI is InChI=1S/C17H16Br2FN/c1-10-8-14(18)17(15(19)9-10)21-16(11-2-3-11)12-4-6-13(20)7-5-12/h4-9,11,16,21H,2-3H2,1H3. The smallest absolute Gasteiger partial charge is 0.123 e. The van der Waals surface area contributed by atoms with Gasteiger partial charge in [-0.05, 0) is 92.9 Å². The summed E-state index contributed by atoms with van der Waals surface area (Å²) in [7, 11) is 0. The average Bonchev–Trinajstić information content (AvgIpc) is 3.24. The summed E-state index contributed by atoms with van der Waals surface area (Å²) in [5, 5.41) is 3.62. The quantitative estimate of drug-likeness (QED) is 0.628. The van der Waals surface area contributed by atoms with Gasteiger partial charge in [0.15, 0.2) is 0 Å². The monoisotopic (exact) mass is 411 g/mol. The van der Waals surface area contributed by atoms with E-state index in [1.807, 2.05) is 12.1 Å². The summed E-state index contributed by atoms with van der Waals surface area (Å²) in [6, 6.07) is 11.2. The Morgan fingerprint density at radius 2 is 1.67 bits per heavy atom. The zero-order chi connectivity index (χ0) is 15.0. The third-order valence-corrected chi connectivity index (χ3v) is 5.06. The molecule has 1 nitrogen and oxygen atoms in total. The van der Waals surface area contributed by atoms with E-state index >= 15 is 0 Å². The Labute approximate surface area is 141 Å². The van der Waals surface area contributed by atoms with Crippen molar-refractivity contribution in [2.24, 2.45) is 5.92 Å². The maximum absolute atomic E-state index is 13.1. The summed E-state index contributed by atoms with van der Waals surface area (Å²) in [4.78, 5) is 0. The van der Waals surface area contributed by atoms with Crippen molar-refractivity contribution in [1.29, 1.82) is 0 Å². The van der Waals surface area contributed by atoms with Crippen molar-refractivity contribution in [2.75, 3.05) is 5.32 Å². The van der Waals surface area contributed by atoms with Crippen LogP contribution in [0.15, 0.2) is 45.3 Å². The minimum atomic E-state index is -0.189. The molecule has 21 heavy (non-hydrogen) atoms. The molecule has 1 saturated carbocycles. The van der Waals surface area contributed by atoms with E-state index in [1.165, 1.54) is 30.5 Å². The van der Waals surface area contributed by atoms with Crippen LogP contribution in [0.5, 0.6) is 0 Å². The van der Waals surface area contributed by atoms with Gasteiger partial charge in [0.05, 0.1) is 11.7 Å². The SMILES string of the molecule is Cc1cc(Br)c(NC(c2ccc(F)cc2)C2CC2)c(Br)c1. The number of nitrogens with one attached hydrogen (secondary N) is 1. The molecule has 0 aliphatic heterocycles. The van der Waals surface area contributed by atoms with Crippen molar-refractivity contribution in [1.82, 2.24) is 0 Å². The lowest BCUT2D eigenvalue weighted by atomic mass is 10.0. The summed E-state index contributed by atoms with van der Waals surface area (Å²) in [6.45, 7) is 2.07.